The van der Waals surface area contributed by atoms with E-state index in [-0.39, 0.29) is 5.56 Å². The molecule has 1 aromatic rings. The summed E-state index contributed by atoms with van der Waals surface area (Å²) >= 11 is 0. The largest absolute Gasteiger partial charge is 0.417 e. The summed E-state index contributed by atoms with van der Waals surface area (Å²) in [7, 11) is 0. The molecule has 1 amide bonds. The molecule has 0 saturated carbocycles. The number of carbonyl (C=O) groups excluding carboxylic acids is 1. The molecule has 1 aromatic heterocycles. The third-order valence-corrected chi connectivity index (χ3v) is 1.40. The van der Waals surface area contributed by atoms with Gasteiger partial charge in [0.25, 0.3) is 5.91 Å². The zero-order valence-electron chi connectivity index (χ0n) is 7.30. The Balaban J connectivity index is 3.05. The first kappa shape index (κ1) is 11.0. The number of carbonyl (C=O) groups is 1. The highest BCUT2D eigenvalue weighted by Crippen LogP contribution is 2.28. The van der Waals surface area contributed by atoms with Gasteiger partial charge in [-0.25, -0.2) is 0 Å². The maximum absolute atomic E-state index is 12.2. The molecule has 78 valence electrons. The van der Waals surface area contributed by atoms with Crippen LogP contribution in [-0.2, 0) is 11.0 Å². The van der Waals surface area contributed by atoms with Crippen LogP contribution in [0, 0.1) is 11.8 Å². The van der Waals surface area contributed by atoms with Gasteiger partial charge >= 0.3 is 6.18 Å². The normalized spacial score (nSPS) is 10.3. The lowest BCUT2D eigenvalue weighted by Gasteiger charge is -2.04. The average molecular weight is 214 g/mol. The van der Waals surface area contributed by atoms with Gasteiger partial charge in [-0.1, -0.05) is 5.92 Å². The molecule has 0 atom stereocenters. The van der Waals surface area contributed by atoms with Crippen LogP contribution in [0.4, 0.5) is 13.2 Å². The van der Waals surface area contributed by atoms with Crippen LogP contribution in [0.25, 0.3) is 0 Å². The van der Waals surface area contributed by atoms with Crippen molar-refractivity contribution in [2.75, 3.05) is 0 Å². The lowest BCUT2D eigenvalue weighted by molar-refractivity contribution is -0.137. The van der Waals surface area contributed by atoms with Gasteiger partial charge in [0.05, 0.1) is 5.56 Å². The van der Waals surface area contributed by atoms with Crippen LogP contribution in [0.15, 0.2) is 18.5 Å². The van der Waals surface area contributed by atoms with Gasteiger partial charge in [-0.05, 0) is 6.07 Å². The van der Waals surface area contributed by atoms with Crippen molar-refractivity contribution in [2.24, 2.45) is 5.73 Å². The quantitative estimate of drug-likeness (QED) is 0.653. The Kier molecular flexibility index (Phi) is 2.95. The van der Waals surface area contributed by atoms with Gasteiger partial charge in [-0.15, -0.1) is 0 Å². The molecular weight excluding hydrogens is 209 g/mol. The van der Waals surface area contributed by atoms with Gasteiger partial charge in [0.2, 0.25) is 0 Å². The van der Waals surface area contributed by atoms with Gasteiger partial charge in [-0.3, -0.25) is 9.78 Å². The van der Waals surface area contributed by atoms with Crippen LogP contribution < -0.4 is 5.73 Å². The zero-order chi connectivity index (χ0) is 11.5. The summed E-state index contributed by atoms with van der Waals surface area (Å²) in [6.07, 6.45) is -2.68. The molecule has 2 N–H and O–H groups in total. The molecule has 0 unspecified atom stereocenters. The van der Waals surface area contributed by atoms with Crippen molar-refractivity contribution in [1.29, 1.82) is 0 Å². The van der Waals surface area contributed by atoms with E-state index >= 15 is 0 Å². The number of amides is 1. The third kappa shape index (κ3) is 3.31. The van der Waals surface area contributed by atoms with E-state index in [4.69, 9.17) is 5.73 Å². The van der Waals surface area contributed by atoms with Gasteiger partial charge in [0, 0.05) is 23.9 Å². The SMILES string of the molecule is NC(=O)C#Cc1cncc(C(F)(F)F)c1. The fraction of sp³-hybridized carbons (Fsp3) is 0.111. The fourth-order valence-electron chi connectivity index (χ4n) is 0.797. The number of pyridine rings is 1. The number of aromatic nitrogens is 1. The molecule has 0 radical (unpaired) electrons. The maximum Gasteiger partial charge on any atom is 0.417 e. The average Bonchev–Trinajstić information content (AvgIpc) is 2.14. The summed E-state index contributed by atoms with van der Waals surface area (Å²) in [5, 5.41) is 0. The Labute approximate surface area is 83.1 Å². The number of alkyl halides is 3. The standard InChI is InChI=1S/C9H5F3N2O/c10-9(11,12)7-3-6(4-14-5-7)1-2-8(13)15/h3-5H,(H2,13,15). The Bertz CT molecular complexity index is 443. The molecule has 0 fully saturated rings. The topological polar surface area (TPSA) is 56.0 Å². The molecule has 0 bridgehead atoms. The minimum atomic E-state index is -4.47. The van der Waals surface area contributed by atoms with E-state index in [1.54, 1.807) is 0 Å². The first-order valence-corrected chi connectivity index (χ1v) is 3.73. The molecule has 0 aromatic carbocycles. The molecule has 6 heteroatoms. The van der Waals surface area contributed by atoms with E-state index < -0.39 is 17.6 Å². The van der Waals surface area contributed by atoms with E-state index in [9.17, 15) is 18.0 Å². The molecular formula is C9H5F3N2O. The van der Waals surface area contributed by atoms with Crippen molar-refractivity contribution in [3.05, 3.63) is 29.6 Å². The Morgan fingerprint density at radius 3 is 2.60 bits per heavy atom. The Hall–Kier alpha value is -2.03. The van der Waals surface area contributed by atoms with Gasteiger partial charge < -0.3 is 5.73 Å². The predicted molar refractivity (Wildman–Crippen MR) is 45.3 cm³/mol. The molecule has 0 spiro atoms. The molecule has 0 aliphatic rings. The van der Waals surface area contributed by atoms with Crippen LogP contribution in [0.1, 0.15) is 11.1 Å². The van der Waals surface area contributed by atoms with Crippen molar-refractivity contribution in [3.8, 4) is 11.8 Å². The minimum absolute atomic E-state index is 0.0105. The minimum Gasteiger partial charge on any atom is -0.359 e. The second kappa shape index (κ2) is 4.00. The molecule has 15 heavy (non-hydrogen) atoms. The maximum atomic E-state index is 12.2. The second-order valence-corrected chi connectivity index (χ2v) is 2.57. The number of primary amides is 1. The highest BCUT2D eigenvalue weighted by molar-refractivity contribution is 5.92. The monoisotopic (exact) mass is 214 g/mol. The first-order chi connectivity index (χ1) is 6.89. The molecule has 0 aliphatic heterocycles. The number of nitrogens with two attached hydrogens (primary N) is 1. The van der Waals surface area contributed by atoms with E-state index in [1.807, 2.05) is 5.92 Å². The smallest absolute Gasteiger partial charge is 0.359 e. The van der Waals surface area contributed by atoms with Gasteiger partial charge in [-0.2, -0.15) is 13.2 Å². The highest BCUT2D eigenvalue weighted by Gasteiger charge is 2.30. The van der Waals surface area contributed by atoms with E-state index in [1.165, 1.54) is 0 Å². The number of hydrogen-bond donors (Lipinski definition) is 1. The predicted octanol–water partition coefficient (Wildman–Crippen LogP) is 0.937. The van der Waals surface area contributed by atoms with E-state index in [2.05, 4.69) is 10.9 Å². The number of rotatable bonds is 0. The summed E-state index contributed by atoms with van der Waals surface area (Å²) in [5.74, 6) is 3.18. The first-order valence-electron chi connectivity index (χ1n) is 3.73. The van der Waals surface area contributed by atoms with Crippen molar-refractivity contribution >= 4 is 5.91 Å². The fourth-order valence-corrected chi connectivity index (χ4v) is 0.797. The van der Waals surface area contributed by atoms with Crippen LogP contribution >= 0.6 is 0 Å². The number of halogens is 3. The van der Waals surface area contributed by atoms with Crippen LogP contribution in [0.3, 0.4) is 0 Å². The van der Waals surface area contributed by atoms with Crippen molar-refractivity contribution in [1.82, 2.24) is 4.98 Å². The number of nitrogens with zero attached hydrogens (tertiary/aromatic N) is 1. The molecule has 1 heterocycles. The third-order valence-electron chi connectivity index (χ3n) is 1.40. The molecule has 0 saturated heterocycles. The second-order valence-electron chi connectivity index (χ2n) is 2.57. The summed E-state index contributed by atoms with van der Waals surface area (Å²) in [5.41, 5.74) is 3.78. The van der Waals surface area contributed by atoms with E-state index in [0.29, 0.717) is 6.20 Å². The summed E-state index contributed by atoms with van der Waals surface area (Å²) in [6, 6.07) is 0.795. The van der Waals surface area contributed by atoms with Crippen molar-refractivity contribution < 1.29 is 18.0 Å². The van der Waals surface area contributed by atoms with E-state index in [0.717, 1.165) is 12.3 Å². The van der Waals surface area contributed by atoms with Gasteiger partial charge in [0.1, 0.15) is 0 Å². The summed E-state index contributed by atoms with van der Waals surface area (Å²) in [6.45, 7) is 0. The molecule has 1 rings (SSSR count). The Morgan fingerprint density at radius 1 is 1.40 bits per heavy atom. The zero-order valence-corrected chi connectivity index (χ0v) is 7.30. The summed E-state index contributed by atoms with van der Waals surface area (Å²) in [4.78, 5) is 13.6. The van der Waals surface area contributed by atoms with Crippen molar-refractivity contribution in [3.63, 3.8) is 0 Å². The molecule has 0 aliphatic carbocycles. The lowest BCUT2D eigenvalue weighted by atomic mass is 10.2. The van der Waals surface area contributed by atoms with Crippen LogP contribution in [-0.4, -0.2) is 10.9 Å². The van der Waals surface area contributed by atoms with Crippen molar-refractivity contribution in [2.45, 2.75) is 6.18 Å². The molecule has 3 nitrogen and oxygen atoms in total. The van der Waals surface area contributed by atoms with Crippen LogP contribution in [0.5, 0.6) is 0 Å². The van der Waals surface area contributed by atoms with Crippen LogP contribution in [0.2, 0.25) is 0 Å². The van der Waals surface area contributed by atoms with Gasteiger partial charge in [0.15, 0.2) is 0 Å². The number of hydrogen-bond acceptors (Lipinski definition) is 2. The summed E-state index contributed by atoms with van der Waals surface area (Å²) < 4.78 is 36.6. The Morgan fingerprint density at radius 2 is 2.07 bits per heavy atom. The highest BCUT2D eigenvalue weighted by atomic mass is 19.4. The lowest BCUT2D eigenvalue weighted by Crippen LogP contribution is -2.07.